The van der Waals surface area contributed by atoms with E-state index in [0.29, 0.717) is 18.8 Å². The first-order valence-corrected chi connectivity index (χ1v) is 7.23. The van der Waals surface area contributed by atoms with Crippen molar-refractivity contribution in [3.8, 4) is 5.75 Å². The Morgan fingerprint density at radius 1 is 1.09 bits per heavy atom. The van der Waals surface area contributed by atoms with Gasteiger partial charge in [0, 0.05) is 44.1 Å². The van der Waals surface area contributed by atoms with E-state index < -0.39 is 0 Å². The number of piperazine rings is 1. The van der Waals surface area contributed by atoms with Crippen molar-refractivity contribution in [2.45, 2.75) is 0 Å². The first-order chi connectivity index (χ1) is 10.7. The molecule has 1 aliphatic heterocycles. The van der Waals surface area contributed by atoms with Crippen LogP contribution in [0, 0.1) is 0 Å². The number of phenolic OH excluding ortho intramolecular Hbond substituents is 1. The molecule has 2 heterocycles. The fraction of sp³-hybridized carbons (Fsp3) is 0.250. The number of benzene rings is 1. The number of hydrogen-bond donors (Lipinski definition) is 2. The van der Waals surface area contributed by atoms with Crippen molar-refractivity contribution in [1.82, 2.24) is 9.88 Å². The van der Waals surface area contributed by atoms with Crippen LogP contribution >= 0.6 is 0 Å². The topological polar surface area (TPSA) is 68.7 Å². The summed E-state index contributed by atoms with van der Waals surface area (Å²) in [5, 5.41) is 12.2. The Labute approximate surface area is 129 Å². The number of urea groups is 1. The van der Waals surface area contributed by atoms with Crippen molar-refractivity contribution in [1.29, 1.82) is 0 Å². The van der Waals surface area contributed by atoms with E-state index in [1.54, 1.807) is 29.3 Å². The molecule has 3 rings (SSSR count). The van der Waals surface area contributed by atoms with E-state index in [2.05, 4.69) is 15.2 Å². The molecule has 0 saturated carbocycles. The number of aromatic hydroxyl groups is 1. The molecule has 1 saturated heterocycles. The third-order valence-corrected chi connectivity index (χ3v) is 3.64. The number of pyridine rings is 1. The third-order valence-electron chi connectivity index (χ3n) is 3.64. The normalized spacial score (nSPS) is 14.7. The van der Waals surface area contributed by atoms with Crippen LogP contribution in [0.3, 0.4) is 0 Å². The van der Waals surface area contributed by atoms with Gasteiger partial charge in [-0.1, -0.05) is 12.1 Å². The van der Waals surface area contributed by atoms with Crippen LogP contribution in [0.25, 0.3) is 0 Å². The van der Waals surface area contributed by atoms with Gasteiger partial charge in [0.05, 0.1) is 0 Å². The number of rotatable bonds is 2. The highest BCUT2D eigenvalue weighted by molar-refractivity contribution is 5.89. The predicted octanol–water partition coefficient (Wildman–Crippen LogP) is 2.14. The van der Waals surface area contributed by atoms with Gasteiger partial charge in [-0.05, 0) is 24.3 Å². The summed E-state index contributed by atoms with van der Waals surface area (Å²) in [6.45, 7) is 2.79. The molecule has 0 spiro atoms. The number of anilines is 2. The lowest BCUT2D eigenvalue weighted by molar-refractivity contribution is 0.208. The van der Waals surface area contributed by atoms with E-state index in [4.69, 9.17) is 0 Å². The number of hydrogen-bond acceptors (Lipinski definition) is 4. The maximum atomic E-state index is 12.2. The van der Waals surface area contributed by atoms with E-state index in [0.717, 1.165) is 18.9 Å². The summed E-state index contributed by atoms with van der Waals surface area (Å²) in [7, 11) is 0. The molecule has 6 heteroatoms. The largest absolute Gasteiger partial charge is 0.508 e. The van der Waals surface area contributed by atoms with Gasteiger partial charge >= 0.3 is 6.03 Å². The molecule has 2 aromatic rings. The van der Waals surface area contributed by atoms with Crippen molar-refractivity contribution in [2.75, 3.05) is 36.4 Å². The zero-order chi connectivity index (χ0) is 15.4. The molecule has 1 fully saturated rings. The first-order valence-electron chi connectivity index (χ1n) is 7.23. The highest BCUT2D eigenvalue weighted by Gasteiger charge is 2.21. The van der Waals surface area contributed by atoms with Gasteiger partial charge in [-0.3, -0.25) is 0 Å². The fourth-order valence-electron chi connectivity index (χ4n) is 2.47. The van der Waals surface area contributed by atoms with Gasteiger partial charge in [-0.15, -0.1) is 0 Å². The number of carbonyl (C=O) groups excluding carboxylic acids is 1. The Bertz CT molecular complexity index is 640. The molecule has 1 aliphatic rings. The van der Waals surface area contributed by atoms with Crippen LogP contribution in [0.15, 0.2) is 48.7 Å². The Hall–Kier alpha value is -2.76. The summed E-state index contributed by atoms with van der Waals surface area (Å²) in [5.74, 6) is 1.08. The molecule has 22 heavy (non-hydrogen) atoms. The van der Waals surface area contributed by atoms with Gasteiger partial charge in [0.25, 0.3) is 0 Å². The lowest BCUT2D eigenvalue weighted by Gasteiger charge is -2.35. The number of aromatic nitrogens is 1. The quantitative estimate of drug-likeness (QED) is 0.891. The zero-order valence-electron chi connectivity index (χ0n) is 12.1. The minimum absolute atomic E-state index is 0.137. The van der Waals surface area contributed by atoms with E-state index in [-0.39, 0.29) is 11.8 Å². The second-order valence-corrected chi connectivity index (χ2v) is 5.14. The Morgan fingerprint density at radius 3 is 2.59 bits per heavy atom. The van der Waals surface area contributed by atoms with Gasteiger partial charge in [-0.2, -0.15) is 0 Å². The smallest absolute Gasteiger partial charge is 0.321 e. The highest BCUT2D eigenvalue weighted by Crippen LogP contribution is 2.17. The molecule has 6 nitrogen and oxygen atoms in total. The third kappa shape index (κ3) is 3.28. The van der Waals surface area contributed by atoms with Gasteiger partial charge in [-0.25, -0.2) is 9.78 Å². The van der Waals surface area contributed by atoms with Crippen molar-refractivity contribution in [3.05, 3.63) is 48.7 Å². The maximum Gasteiger partial charge on any atom is 0.321 e. The van der Waals surface area contributed by atoms with Crippen LogP contribution in [0.5, 0.6) is 5.75 Å². The minimum Gasteiger partial charge on any atom is -0.508 e. The average molecular weight is 298 g/mol. The summed E-state index contributed by atoms with van der Waals surface area (Å²) >= 11 is 0. The van der Waals surface area contributed by atoms with Crippen molar-refractivity contribution < 1.29 is 9.90 Å². The molecule has 0 bridgehead atoms. The lowest BCUT2D eigenvalue weighted by atomic mass is 10.3. The van der Waals surface area contributed by atoms with E-state index in [1.165, 1.54) is 6.07 Å². The Morgan fingerprint density at radius 2 is 1.91 bits per heavy atom. The Balaban J connectivity index is 1.56. The molecule has 1 aromatic heterocycles. The van der Waals surface area contributed by atoms with Crippen LogP contribution in [0.1, 0.15) is 0 Å². The minimum atomic E-state index is -0.147. The molecule has 1 aromatic carbocycles. The maximum absolute atomic E-state index is 12.2. The standard InChI is InChI=1S/C16H18N4O2/c21-14-5-3-4-13(12-14)18-16(22)20-10-8-19(9-11-20)15-6-1-2-7-17-15/h1-7,12,21H,8-11H2,(H,18,22). The first kappa shape index (κ1) is 14.2. The SMILES string of the molecule is O=C(Nc1cccc(O)c1)N1CCN(c2ccccn2)CC1. The summed E-state index contributed by atoms with van der Waals surface area (Å²) in [6.07, 6.45) is 1.77. The van der Waals surface area contributed by atoms with Gasteiger partial charge in [0.15, 0.2) is 0 Å². The van der Waals surface area contributed by atoms with Crippen molar-refractivity contribution >= 4 is 17.5 Å². The average Bonchev–Trinajstić information content (AvgIpc) is 2.56. The highest BCUT2D eigenvalue weighted by atomic mass is 16.3. The van der Waals surface area contributed by atoms with Crippen LogP contribution in [-0.2, 0) is 0 Å². The number of phenols is 1. The van der Waals surface area contributed by atoms with Crippen molar-refractivity contribution in [2.24, 2.45) is 0 Å². The Kier molecular flexibility index (Phi) is 4.09. The molecular formula is C16H18N4O2. The summed E-state index contributed by atoms with van der Waals surface area (Å²) in [4.78, 5) is 20.5. The van der Waals surface area contributed by atoms with E-state index >= 15 is 0 Å². The molecule has 2 N–H and O–H groups in total. The number of amides is 2. The molecule has 0 unspecified atom stereocenters. The molecule has 0 atom stereocenters. The van der Waals surface area contributed by atoms with Gasteiger partial charge in [0.2, 0.25) is 0 Å². The summed E-state index contributed by atoms with van der Waals surface area (Å²) < 4.78 is 0. The van der Waals surface area contributed by atoms with Crippen LogP contribution in [-0.4, -0.2) is 47.2 Å². The predicted molar refractivity (Wildman–Crippen MR) is 85.1 cm³/mol. The summed E-state index contributed by atoms with van der Waals surface area (Å²) in [6, 6.07) is 12.2. The number of nitrogens with one attached hydrogen (secondary N) is 1. The second kappa shape index (κ2) is 6.34. The molecule has 2 amide bonds. The van der Waals surface area contributed by atoms with Gasteiger partial charge < -0.3 is 20.2 Å². The van der Waals surface area contributed by atoms with Crippen molar-refractivity contribution in [3.63, 3.8) is 0 Å². The van der Waals surface area contributed by atoms with Crippen LogP contribution in [0.2, 0.25) is 0 Å². The van der Waals surface area contributed by atoms with Gasteiger partial charge in [0.1, 0.15) is 11.6 Å². The van der Waals surface area contributed by atoms with E-state index in [1.807, 2.05) is 18.2 Å². The number of carbonyl (C=O) groups is 1. The molecular weight excluding hydrogens is 280 g/mol. The van der Waals surface area contributed by atoms with Crippen LogP contribution in [0.4, 0.5) is 16.3 Å². The molecule has 0 aliphatic carbocycles. The molecule has 114 valence electrons. The zero-order valence-corrected chi connectivity index (χ0v) is 12.1. The van der Waals surface area contributed by atoms with Crippen LogP contribution < -0.4 is 10.2 Å². The summed E-state index contributed by atoms with van der Waals surface area (Å²) in [5.41, 5.74) is 0.595. The monoisotopic (exact) mass is 298 g/mol. The second-order valence-electron chi connectivity index (χ2n) is 5.14. The van der Waals surface area contributed by atoms with E-state index in [9.17, 15) is 9.90 Å². The lowest BCUT2D eigenvalue weighted by Crippen LogP contribution is -2.50. The number of nitrogens with zero attached hydrogens (tertiary/aromatic N) is 3. The fourth-order valence-corrected chi connectivity index (χ4v) is 2.47. The molecule has 0 radical (unpaired) electrons.